The minimum atomic E-state index is -0.515. The number of thioether (sulfide) groups is 1. The molecule has 30 heavy (non-hydrogen) atoms. The van der Waals surface area contributed by atoms with E-state index >= 15 is 0 Å². The third-order valence-corrected chi connectivity index (χ3v) is 6.72. The van der Waals surface area contributed by atoms with Crippen LogP contribution in [0.5, 0.6) is 0 Å². The lowest BCUT2D eigenvalue weighted by Crippen LogP contribution is -2.48. The van der Waals surface area contributed by atoms with E-state index in [-0.39, 0.29) is 11.8 Å². The van der Waals surface area contributed by atoms with Crippen molar-refractivity contribution in [3.63, 3.8) is 0 Å². The first kappa shape index (κ1) is 22.4. The SMILES string of the molecule is O=C(CCC1CCCC1)NC(CSCc1ccccc1)C(=O)NCc1ccccc1. The van der Waals surface area contributed by atoms with E-state index in [9.17, 15) is 9.59 Å². The molecular formula is C25H32N2O2S. The van der Waals surface area contributed by atoms with Crippen LogP contribution in [0, 0.1) is 5.92 Å². The van der Waals surface area contributed by atoms with Gasteiger partial charge < -0.3 is 10.6 Å². The van der Waals surface area contributed by atoms with Gasteiger partial charge >= 0.3 is 0 Å². The van der Waals surface area contributed by atoms with Gasteiger partial charge in [0.1, 0.15) is 6.04 Å². The van der Waals surface area contributed by atoms with Crippen LogP contribution < -0.4 is 10.6 Å². The van der Waals surface area contributed by atoms with Crippen LogP contribution in [0.3, 0.4) is 0 Å². The minimum absolute atomic E-state index is 0.0120. The van der Waals surface area contributed by atoms with Crippen LogP contribution in [0.15, 0.2) is 60.7 Å². The van der Waals surface area contributed by atoms with Gasteiger partial charge in [-0.25, -0.2) is 0 Å². The Morgan fingerprint density at radius 2 is 1.57 bits per heavy atom. The Bertz CT molecular complexity index is 776. The predicted molar refractivity (Wildman–Crippen MR) is 124 cm³/mol. The lowest BCUT2D eigenvalue weighted by molar-refractivity contribution is -0.128. The Hall–Kier alpha value is -2.27. The van der Waals surface area contributed by atoms with Crippen molar-refractivity contribution in [3.05, 3.63) is 71.8 Å². The van der Waals surface area contributed by atoms with Crippen molar-refractivity contribution in [2.45, 2.75) is 56.9 Å². The maximum absolute atomic E-state index is 12.8. The molecule has 2 aromatic rings. The van der Waals surface area contributed by atoms with E-state index < -0.39 is 6.04 Å². The fourth-order valence-corrected chi connectivity index (χ4v) is 4.88. The van der Waals surface area contributed by atoms with E-state index in [0.717, 1.165) is 17.7 Å². The second-order valence-corrected chi connectivity index (χ2v) is 9.04. The summed E-state index contributed by atoms with van der Waals surface area (Å²) in [5.41, 5.74) is 2.27. The van der Waals surface area contributed by atoms with E-state index in [1.807, 2.05) is 48.5 Å². The smallest absolute Gasteiger partial charge is 0.243 e. The molecule has 0 bridgehead atoms. The Labute approximate surface area is 184 Å². The van der Waals surface area contributed by atoms with Crippen molar-refractivity contribution in [2.24, 2.45) is 5.92 Å². The molecule has 0 saturated heterocycles. The first-order chi connectivity index (χ1) is 14.7. The molecule has 0 radical (unpaired) electrons. The van der Waals surface area contributed by atoms with Crippen LogP contribution >= 0.6 is 11.8 Å². The monoisotopic (exact) mass is 424 g/mol. The van der Waals surface area contributed by atoms with Crippen molar-refractivity contribution in [1.29, 1.82) is 0 Å². The Kier molecular flexibility index (Phi) is 9.29. The van der Waals surface area contributed by atoms with E-state index in [0.29, 0.717) is 24.6 Å². The molecular weight excluding hydrogens is 392 g/mol. The lowest BCUT2D eigenvalue weighted by atomic mass is 10.0. The van der Waals surface area contributed by atoms with Crippen LogP contribution in [0.1, 0.15) is 49.7 Å². The Balaban J connectivity index is 1.50. The molecule has 2 amide bonds. The normalized spacial score (nSPS) is 14.9. The summed E-state index contributed by atoms with van der Waals surface area (Å²) in [6.45, 7) is 0.470. The molecule has 0 aliphatic heterocycles. The topological polar surface area (TPSA) is 58.2 Å². The zero-order chi connectivity index (χ0) is 21.0. The highest BCUT2D eigenvalue weighted by molar-refractivity contribution is 7.98. The Morgan fingerprint density at radius 3 is 2.23 bits per heavy atom. The number of nitrogens with one attached hydrogen (secondary N) is 2. The number of hydrogen-bond donors (Lipinski definition) is 2. The average molecular weight is 425 g/mol. The summed E-state index contributed by atoms with van der Waals surface area (Å²) in [6, 6.07) is 19.5. The number of amides is 2. The third-order valence-electron chi connectivity index (χ3n) is 5.61. The van der Waals surface area contributed by atoms with Gasteiger partial charge in [0.25, 0.3) is 0 Å². The molecule has 160 valence electrons. The maximum Gasteiger partial charge on any atom is 0.243 e. The van der Waals surface area contributed by atoms with Gasteiger partial charge in [-0.2, -0.15) is 11.8 Å². The van der Waals surface area contributed by atoms with Gasteiger partial charge in [0.15, 0.2) is 0 Å². The van der Waals surface area contributed by atoms with Crippen LogP contribution in [-0.2, 0) is 21.9 Å². The second-order valence-electron chi connectivity index (χ2n) is 8.01. The summed E-state index contributed by atoms with van der Waals surface area (Å²) in [7, 11) is 0. The van der Waals surface area contributed by atoms with Crippen LogP contribution in [-0.4, -0.2) is 23.6 Å². The van der Waals surface area contributed by atoms with Gasteiger partial charge in [-0.1, -0.05) is 86.3 Å². The highest BCUT2D eigenvalue weighted by Crippen LogP contribution is 2.28. The van der Waals surface area contributed by atoms with E-state index in [1.165, 1.54) is 31.2 Å². The Morgan fingerprint density at radius 1 is 0.933 bits per heavy atom. The summed E-state index contributed by atoms with van der Waals surface area (Å²) >= 11 is 1.67. The van der Waals surface area contributed by atoms with Gasteiger partial charge in [-0.3, -0.25) is 9.59 Å². The third kappa shape index (κ3) is 7.86. The van der Waals surface area contributed by atoms with Crippen molar-refractivity contribution in [1.82, 2.24) is 10.6 Å². The van der Waals surface area contributed by atoms with Gasteiger partial charge in [0, 0.05) is 24.5 Å². The van der Waals surface area contributed by atoms with Crippen LogP contribution in [0.2, 0.25) is 0 Å². The summed E-state index contributed by atoms with van der Waals surface area (Å²) < 4.78 is 0. The molecule has 0 spiro atoms. The average Bonchev–Trinajstić information content (AvgIpc) is 3.30. The molecule has 1 aliphatic carbocycles. The molecule has 1 unspecified atom stereocenters. The van der Waals surface area contributed by atoms with E-state index in [1.54, 1.807) is 11.8 Å². The van der Waals surface area contributed by atoms with Gasteiger partial charge in [-0.15, -0.1) is 0 Å². The number of hydrogen-bond acceptors (Lipinski definition) is 3. The molecule has 0 aromatic heterocycles. The molecule has 2 aromatic carbocycles. The van der Waals surface area contributed by atoms with E-state index in [2.05, 4.69) is 22.8 Å². The van der Waals surface area contributed by atoms with Crippen LogP contribution in [0.25, 0.3) is 0 Å². The molecule has 1 saturated carbocycles. The molecule has 0 heterocycles. The standard InChI is InChI=1S/C25H32N2O2S/c28-24(16-15-20-9-7-8-10-20)27-23(19-30-18-22-13-5-2-6-14-22)25(29)26-17-21-11-3-1-4-12-21/h1-6,11-14,20,23H,7-10,15-19H2,(H,26,29)(H,27,28). The molecule has 5 heteroatoms. The van der Waals surface area contributed by atoms with E-state index in [4.69, 9.17) is 0 Å². The highest BCUT2D eigenvalue weighted by Gasteiger charge is 2.22. The highest BCUT2D eigenvalue weighted by atomic mass is 32.2. The zero-order valence-corrected chi connectivity index (χ0v) is 18.3. The lowest BCUT2D eigenvalue weighted by Gasteiger charge is -2.19. The number of carbonyl (C=O) groups excluding carboxylic acids is 2. The molecule has 2 N–H and O–H groups in total. The van der Waals surface area contributed by atoms with Crippen molar-refractivity contribution in [2.75, 3.05) is 5.75 Å². The fourth-order valence-electron chi connectivity index (χ4n) is 3.86. The first-order valence-corrected chi connectivity index (χ1v) is 12.1. The summed E-state index contributed by atoms with van der Waals surface area (Å²) in [4.78, 5) is 25.3. The fraction of sp³-hybridized carbons (Fsp3) is 0.440. The quantitative estimate of drug-likeness (QED) is 0.550. The minimum Gasteiger partial charge on any atom is -0.350 e. The molecule has 4 nitrogen and oxygen atoms in total. The second kappa shape index (κ2) is 12.4. The van der Waals surface area contributed by atoms with Gasteiger partial charge in [0.2, 0.25) is 11.8 Å². The number of carbonyl (C=O) groups is 2. The number of benzene rings is 2. The molecule has 1 fully saturated rings. The zero-order valence-electron chi connectivity index (χ0n) is 17.5. The molecule has 1 atom stereocenters. The first-order valence-electron chi connectivity index (χ1n) is 10.9. The number of rotatable bonds is 11. The van der Waals surface area contributed by atoms with Gasteiger partial charge in [0.05, 0.1) is 0 Å². The summed E-state index contributed by atoms with van der Waals surface area (Å²) in [6.07, 6.45) is 6.49. The van der Waals surface area contributed by atoms with Crippen molar-refractivity contribution >= 4 is 23.6 Å². The maximum atomic E-state index is 12.8. The van der Waals surface area contributed by atoms with Crippen molar-refractivity contribution < 1.29 is 9.59 Å². The van der Waals surface area contributed by atoms with Crippen LogP contribution in [0.4, 0.5) is 0 Å². The summed E-state index contributed by atoms with van der Waals surface area (Å²) in [5, 5.41) is 5.97. The van der Waals surface area contributed by atoms with Gasteiger partial charge in [-0.05, 0) is 23.5 Å². The van der Waals surface area contributed by atoms with Crippen molar-refractivity contribution in [3.8, 4) is 0 Å². The molecule has 3 rings (SSSR count). The molecule has 1 aliphatic rings. The predicted octanol–water partition coefficient (Wildman–Crippen LogP) is 4.69. The largest absolute Gasteiger partial charge is 0.350 e. The summed E-state index contributed by atoms with van der Waals surface area (Å²) in [5.74, 6) is 1.93.